The fraction of sp³-hybridized carbons (Fsp3) is 0.778. The molecule has 0 spiro atoms. The molecular formula is C9H15NO2. The molecule has 1 N–H and O–H groups in total. The summed E-state index contributed by atoms with van der Waals surface area (Å²) < 4.78 is 5.17. The Labute approximate surface area is 72.6 Å². The molecule has 0 aromatic rings. The lowest BCUT2D eigenvalue weighted by atomic mass is 10.0. The van der Waals surface area contributed by atoms with Crippen LogP contribution in [0.1, 0.15) is 6.42 Å². The molecule has 68 valence electrons. The van der Waals surface area contributed by atoms with Crippen LogP contribution in [0.3, 0.4) is 0 Å². The fourth-order valence-electron chi connectivity index (χ4n) is 1.79. The van der Waals surface area contributed by atoms with Crippen LogP contribution in [0.15, 0.2) is 12.2 Å². The van der Waals surface area contributed by atoms with Crippen molar-refractivity contribution in [3.05, 3.63) is 12.2 Å². The van der Waals surface area contributed by atoms with Gasteiger partial charge in [-0.3, -0.25) is 4.90 Å². The molecule has 2 rings (SSSR count). The molecule has 0 aromatic carbocycles. The second kappa shape index (κ2) is 3.17. The van der Waals surface area contributed by atoms with Crippen molar-refractivity contribution in [1.29, 1.82) is 0 Å². The van der Waals surface area contributed by atoms with Crippen molar-refractivity contribution in [2.45, 2.75) is 12.0 Å². The number of aliphatic hydroxyl groups is 1. The summed E-state index contributed by atoms with van der Waals surface area (Å²) in [7, 11) is 0. The summed E-state index contributed by atoms with van der Waals surface area (Å²) in [5.74, 6) is 0. The van der Waals surface area contributed by atoms with Crippen molar-refractivity contribution in [3.8, 4) is 0 Å². The highest BCUT2D eigenvalue weighted by Crippen LogP contribution is 2.20. The summed E-state index contributed by atoms with van der Waals surface area (Å²) in [4.78, 5) is 2.23. The van der Waals surface area contributed by atoms with E-state index in [1.54, 1.807) is 0 Å². The first-order valence-corrected chi connectivity index (χ1v) is 4.46. The van der Waals surface area contributed by atoms with Crippen LogP contribution in [0.5, 0.6) is 0 Å². The van der Waals surface area contributed by atoms with Gasteiger partial charge in [0.2, 0.25) is 0 Å². The molecule has 0 amide bonds. The van der Waals surface area contributed by atoms with Crippen LogP contribution in [-0.4, -0.2) is 48.5 Å². The second-order valence-corrected chi connectivity index (χ2v) is 3.69. The summed E-state index contributed by atoms with van der Waals surface area (Å²) in [6.45, 7) is 3.91. The maximum atomic E-state index is 9.96. The van der Waals surface area contributed by atoms with Gasteiger partial charge in [0.1, 0.15) is 5.60 Å². The summed E-state index contributed by atoms with van der Waals surface area (Å²) >= 11 is 0. The second-order valence-electron chi connectivity index (χ2n) is 3.69. The molecule has 0 aliphatic carbocycles. The molecule has 12 heavy (non-hydrogen) atoms. The minimum atomic E-state index is -0.577. The molecule has 0 aromatic heterocycles. The van der Waals surface area contributed by atoms with Crippen LogP contribution in [0, 0.1) is 0 Å². The van der Waals surface area contributed by atoms with Crippen molar-refractivity contribution >= 4 is 0 Å². The number of rotatable bonds is 2. The minimum Gasteiger partial charge on any atom is -0.386 e. The Kier molecular flexibility index (Phi) is 2.17. The molecule has 0 bridgehead atoms. The third kappa shape index (κ3) is 1.68. The first-order valence-electron chi connectivity index (χ1n) is 4.46. The van der Waals surface area contributed by atoms with Crippen LogP contribution in [0.25, 0.3) is 0 Å². The van der Waals surface area contributed by atoms with Gasteiger partial charge >= 0.3 is 0 Å². The standard InChI is InChI=1S/C9H15NO2/c11-9(3-6-12-8-9)7-10-4-1-2-5-10/h1-2,11H,3-8H2. The van der Waals surface area contributed by atoms with E-state index >= 15 is 0 Å². The summed E-state index contributed by atoms with van der Waals surface area (Å²) in [5, 5.41) is 9.96. The van der Waals surface area contributed by atoms with Gasteiger partial charge in [0, 0.05) is 32.7 Å². The van der Waals surface area contributed by atoms with Gasteiger partial charge in [-0.1, -0.05) is 12.2 Å². The first-order chi connectivity index (χ1) is 5.79. The van der Waals surface area contributed by atoms with Crippen LogP contribution < -0.4 is 0 Å². The van der Waals surface area contributed by atoms with E-state index in [1.165, 1.54) is 0 Å². The van der Waals surface area contributed by atoms with Gasteiger partial charge in [0.15, 0.2) is 0 Å². The average Bonchev–Trinajstić information content (AvgIpc) is 2.62. The largest absolute Gasteiger partial charge is 0.386 e. The number of ether oxygens (including phenoxy) is 1. The summed E-state index contributed by atoms with van der Waals surface area (Å²) in [6, 6.07) is 0. The highest BCUT2D eigenvalue weighted by Gasteiger charge is 2.34. The molecule has 3 heteroatoms. The SMILES string of the molecule is OC1(CN2CC=CC2)CCOC1. The van der Waals surface area contributed by atoms with E-state index in [2.05, 4.69) is 17.1 Å². The molecule has 3 nitrogen and oxygen atoms in total. The quantitative estimate of drug-likeness (QED) is 0.591. The molecule has 2 aliphatic heterocycles. The number of nitrogens with zero attached hydrogens (tertiary/aromatic N) is 1. The van der Waals surface area contributed by atoms with Crippen LogP contribution in [0.2, 0.25) is 0 Å². The Morgan fingerprint density at radius 1 is 1.42 bits per heavy atom. The Morgan fingerprint density at radius 3 is 2.75 bits per heavy atom. The topological polar surface area (TPSA) is 32.7 Å². The molecule has 0 radical (unpaired) electrons. The Balaban J connectivity index is 1.84. The smallest absolute Gasteiger partial charge is 0.103 e. The normalized spacial score (nSPS) is 36.4. The van der Waals surface area contributed by atoms with Gasteiger partial charge < -0.3 is 9.84 Å². The fourth-order valence-corrected chi connectivity index (χ4v) is 1.79. The maximum absolute atomic E-state index is 9.96. The maximum Gasteiger partial charge on any atom is 0.103 e. The lowest BCUT2D eigenvalue weighted by molar-refractivity contribution is 0.00187. The number of hydrogen-bond acceptors (Lipinski definition) is 3. The van der Waals surface area contributed by atoms with Crippen LogP contribution >= 0.6 is 0 Å². The van der Waals surface area contributed by atoms with Gasteiger partial charge in [-0.15, -0.1) is 0 Å². The third-order valence-corrected chi connectivity index (χ3v) is 2.49. The van der Waals surface area contributed by atoms with Gasteiger partial charge in [0.05, 0.1) is 6.61 Å². The van der Waals surface area contributed by atoms with Crippen molar-refractivity contribution in [3.63, 3.8) is 0 Å². The lowest BCUT2D eigenvalue weighted by Gasteiger charge is -2.26. The van der Waals surface area contributed by atoms with Gasteiger partial charge in [-0.25, -0.2) is 0 Å². The van der Waals surface area contributed by atoms with Crippen LogP contribution in [-0.2, 0) is 4.74 Å². The monoisotopic (exact) mass is 169 g/mol. The Morgan fingerprint density at radius 2 is 2.17 bits per heavy atom. The molecular weight excluding hydrogens is 154 g/mol. The van der Waals surface area contributed by atoms with Gasteiger partial charge in [-0.2, -0.15) is 0 Å². The van der Waals surface area contributed by atoms with Gasteiger partial charge in [-0.05, 0) is 0 Å². The molecule has 0 saturated carbocycles. The summed E-state index contributed by atoms with van der Waals surface area (Å²) in [5.41, 5.74) is -0.577. The predicted octanol–water partition coefficient (Wildman–Crippen LogP) is 0.00960. The van der Waals surface area contributed by atoms with Crippen LogP contribution in [0.4, 0.5) is 0 Å². The summed E-state index contributed by atoms with van der Waals surface area (Å²) in [6.07, 6.45) is 5.06. The zero-order valence-electron chi connectivity index (χ0n) is 7.20. The first kappa shape index (κ1) is 8.23. The molecule has 1 fully saturated rings. The molecule has 2 aliphatic rings. The van der Waals surface area contributed by atoms with E-state index in [0.29, 0.717) is 13.2 Å². The predicted molar refractivity (Wildman–Crippen MR) is 46.0 cm³/mol. The van der Waals surface area contributed by atoms with Gasteiger partial charge in [0.25, 0.3) is 0 Å². The minimum absolute atomic E-state index is 0.503. The number of hydrogen-bond donors (Lipinski definition) is 1. The molecule has 1 unspecified atom stereocenters. The Hall–Kier alpha value is -0.380. The Bertz CT molecular complexity index is 177. The molecule has 1 saturated heterocycles. The van der Waals surface area contributed by atoms with Crippen molar-refractivity contribution in [2.75, 3.05) is 32.8 Å². The van der Waals surface area contributed by atoms with E-state index in [4.69, 9.17) is 4.74 Å². The molecule has 2 heterocycles. The number of β-amino-alcohol motifs (C(OH)–C–C–N with tert-alkyl or cyclic N) is 1. The average molecular weight is 169 g/mol. The van der Waals surface area contributed by atoms with E-state index < -0.39 is 5.60 Å². The highest BCUT2D eigenvalue weighted by atomic mass is 16.5. The molecule has 1 atom stereocenters. The zero-order chi connectivity index (χ0) is 8.44. The van der Waals surface area contributed by atoms with E-state index in [0.717, 1.165) is 26.1 Å². The van der Waals surface area contributed by atoms with Crippen molar-refractivity contribution in [1.82, 2.24) is 4.90 Å². The van der Waals surface area contributed by atoms with E-state index in [-0.39, 0.29) is 0 Å². The lowest BCUT2D eigenvalue weighted by Crippen LogP contribution is -2.42. The van der Waals surface area contributed by atoms with E-state index in [1.807, 2.05) is 0 Å². The van der Waals surface area contributed by atoms with E-state index in [9.17, 15) is 5.11 Å². The van der Waals surface area contributed by atoms with Crippen molar-refractivity contribution < 1.29 is 9.84 Å². The zero-order valence-corrected chi connectivity index (χ0v) is 7.20. The highest BCUT2D eigenvalue weighted by molar-refractivity contribution is 4.98. The van der Waals surface area contributed by atoms with Crippen molar-refractivity contribution in [2.24, 2.45) is 0 Å². The third-order valence-electron chi connectivity index (χ3n) is 2.49.